The van der Waals surface area contributed by atoms with Crippen molar-refractivity contribution >= 4 is 17.3 Å². The van der Waals surface area contributed by atoms with Crippen LogP contribution in [0.4, 0.5) is 0 Å². The van der Waals surface area contributed by atoms with E-state index >= 15 is 0 Å². The highest BCUT2D eigenvalue weighted by molar-refractivity contribution is 7.03. The third-order valence-corrected chi connectivity index (χ3v) is 3.75. The molecule has 3 aliphatic rings. The molecule has 3 fully saturated rings. The Kier molecular flexibility index (Phi) is 1.54. The second-order valence-electron chi connectivity index (χ2n) is 3.81. The van der Waals surface area contributed by atoms with Gasteiger partial charge < -0.3 is 5.32 Å². The van der Waals surface area contributed by atoms with Crippen molar-refractivity contribution in [3.8, 4) is 0 Å². The zero-order valence-corrected chi connectivity index (χ0v) is 7.88. The molecular weight excluding hydrogens is 184 g/mol. The van der Waals surface area contributed by atoms with E-state index in [9.17, 15) is 4.79 Å². The largest absolute Gasteiger partial charge is 0.313 e. The van der Waals surface area contributed by atoms with E-state index in [1.54, 1.807) is 6.20 Å². The standard InChI is InChI=1S/C9H10N2OS/c12-9(6-3-11-13-4-6)8-5-1-7(8)10-2-5/h3-5,7-8,10H,1-2H2. The van der Waals surface area contributed by atoms with Gasteiger partial charge in [-0.2, -0.15) is 0 Å². The predicted molar refractivity (Wildman–Crippen MR) is 49.8 cm³/mol. The molecule has 2 saturated heterocycles. The Morgan fingerprint density at radius 2 is 2.62 bits per heavy atom. The lowest BCUT2D eigenvalue weighted by molar-refractivity contribution is 0.0785. The molecule has 0 spiro atoms. The van der Waals surface area contributed by atoms with Crippen molar-refractivity contribution in [3.63, 3.8) is 0 Å². The molecule has 0 amide bonds. The molecule has 13 heavy (non-hydrogen) atoms. The van der Waals surface area contributed by atoms with Crippen molar-refractivity contribution < 1.29 is 4.79 Å². The molecule has 1 aliphatic carbocycles. The van der Waals surface area contributed by atoms with Gasteiger partial charge in [-0.25, -0.2) is 4.37 Å². The van der Waals surface area contributed by atoms with E-state index in [-0.39, 0.29) is 5.92 Å². The lowest BCUT2D eigenvalue weighted by Gasteiger charge is -2.32. The normalized spacial score (nSPS) is 35.8. The Morgan fingerprint density at radius 1 is 1.69 bits per heavy atom. The minimum absolute atomic E-state index is 0.247. The van der Waals surface area contributed by atoms with E-state index in [0.29, 0.717) is 17.7 Å². The lowest BCUT2D eigenvalue weighted by Crippen LogP contribution is -2.42. The van der Waals surface area contributed by atoms with Crippen LogP contribution in [0.1, 0.15) is 16.8 Å². The average molecular weight is 194 g/mol. The maximum atomic E-state index is 11.9. The number of fused-ring (bicyclic) bond motifs is 1. The number of nitrogens with zero attached hydrogens (tertiary/aromatic N) is 1. The highest BCUT2D eigenvalue weighted by atomic mass is 32.1. The first-order valence-corrected chi connectivity index (χ1v) is 5.37. The molecule has 0 aromatic carbocycles. The Morgan fingerprint density at radius 3 is 3.15 bits per heavy atom. The summed E-state index contributed by atoms with van der Waals surface area (Å²) >= 11 is 1.35. The fourth-order valence-corrected chi connectivity index (χ4v) is 2.92. The molecule has 3 unspecified atom stereocenters. The van der Waals surface area contributed by atoms with Crippen LogP contribution in [0.25, 0.3) is 0 Å². The predicted octanol–water partition coefficient (Wildman–Crippen LogP) is 0.934. The maximum Gasteiger partial charge on any atom is 0.170 e. The van der Waals surface area contributed by atoms with Crippen molar-refractivity contribution in [2.24, 2.45) is 11.8 Å². The van der Waals surface area contributed by atoms with Crippen LogP contribution in [-0.4, -0.2) is 22.7 Å². The molecule has 3 heterocycles. The van der Waals surface area contributed by atoms with Gasteiger partial charge in [-0.05, 0) is 30.4 Å². The summed E-state index contributed by atoms with van der Waals surface area (Å²) in [6.07, 6.45) is 2.87. The fourth-order valence-electron chi connectivity index (χ4n) is 2.39. The number of Topliss-reactive ketones (excluding diaryl/α,β-unsaturated/α-hetero) is 1. The SMILES string of the molecule is O=C(c1cnsc1)C1C2CNC1C2. The summed E-state index contributed by atoms with van der Waals surface area (Å²) in [6.45, 7) is 1.03. The molecular formula is C9H10N2OS. The molecule has 3 atom stereocenters. The van der Waals surface area contributed by atoms with Gasteiger partial charge in [-0.3, -0.25) is 4.79 Å². The van der Waals surface area contributed by atoms with Gasteiger partial charge in [0.2, 0.25) is 0 Å². The number of aromatic nitrogens is 1. The van der Waals surface area contributed by atoms with Crippen LogP contribution in [0.3, 0.4) is 0 Å². The van der Waals surface area contributed by atoms with Crippen molar-refractivity contribution in [3.05, 3.63) is 17.1 Å². The van der Waals surface area contributed by atoms with Crippen LogP contribution in [0, 0.1) is 11.8 Å². The molecule has 1 aromatic heterocycles. The van der Waals surface area contributed by atoms with Gasteiger partial charge in [-0.15, -0.1) is 0 Å². The van der Waals surface area contributed by atoms with Gasteiger partial charge in [-0.1, -0.05) is 0 Å². The molecule has 4 heteroatoms. The Hall–Kier alpha value is -0.740. The summed E-state index contributed by atoms with van der Waals surface area (Å²) in [5.74, 6) is 1.13. The first-order valence-electron chi connectivity index (χ1n) is 4.53. The Labute approximate surface area is 80.3 Å². The van der Waals surface area contributed by atoms with Gasteiger partial charge >= 0.3 is 0 Å². The van der Waals surface area contributed by atoms with E-state index in [2.05, 4.69) is 9.69 Å². The minimum atomic E-state index is 0.247. The minimum Gasteiger partial charge on any atom is -0.313 e. The topological polar surface area (TPSA) is 42.0 Å². The zero-order valence-electron chi connectivity index (χ0n) is 7.06. The van der Waals surface area contributed by atoms with Crippen LogP contribution < -0.4 is 5.32 Å². The Bertz CT molecular complexity index is 321. The molecule has 0 radical (unpaired) electrons. The van der Waals surface area contributed by atoms with Crippen molar-refractivity contribution in [2.75, 3.05) is 6.54 Å². The van der Waals surface area contributed by atoms with Crippen LogP contribution in [0.15, 0.2) is 11.6 Å². The van der Waals surface area contributed by atoms with Crippen LogP contribution in [-0.2, 0) is 0 Å². The fraction of sp³-hybridized carbons (Fsp3) is 0.556. The monoisotopic (exact) mass is 194 g/mol. The highest BCUT2D eigenvalue weighted by Gasteiger charge is 2.50. The van der Waals surface area contributed by atoms with E-state index in [0.717, 1.165) is 12.1 Å². The zero-order chi connectivity index (χ0) is 8.84. The van der Waals surface area contributed by atoms with E-state index in [4.69, 9.17) is 0 Å². The van der Waals surface area contributed by atoms with Gasteiger partial charge in [0.1, 0.15) is 0 Å². The second kappa shape index (κ2) is 2.62. The first kappa shape index (κ1) is 7.64. The van der Waals surface area contributed by atoms with Gasteiger partial charge in [0.15, 0.2) is 5.78 Å². The molecule has 3 nitrogen and oxygen atoms in total. The first-order chi connectivity index (χ1) is 6.36. The summed E-state index contributed by atoms with van der Waals surface area (Å²) in [6, 6.07) is 0.456. The average Bonchev–Trinajstić information content (AvgIpc) is 2.82. The number of hydrogen-bond acceptors (Lipinski definition) is 4. The molecule has 2 aliphatic heterocycles. The van der Waals surface area contributed by atoms with E-state index < -0.39 is 0 Å². The molecule has 68 valence electrons. The summed E-state index contributed by atoms with van der Waals surface area (Å²) in [5.41, 5.74) is 0.799. The third-order valence-electron chi connectivity index (χ3n) is 3.16. The van der Waals surface area contributed by atoms with Crippen LogP contribution in [0.5, 0.6) is 0 Å². The molecule has 1 saturated carbocycles. The van der Waals surface area contributed by atoms with Crippen LogP contribution >= 0.6 is 11.5 Å². The molecule has 1 N–H and O–H groups in total. The van der Waals surface area contributed by atoms with Crippen LogP contribution in [0.2, 0.25) is 0 Å². The summed E-state index contributed by atoms with van der Waals surface area (Å²) in [4.78, 5) is 11.9. The molecule has 1 aromatic rings. The van der Waals surface area contributed by atoms with Crippen molar-refractivity contribution in [1.29, 1.82) is 0 Å². The Balaban J connectivity index is 1.84. The van der Waals surface area contributed by atoms with Crippen molar-refractivity contribution in [1.82, 2.24) is 9.69 Å². The summed E-state index contributed by atoms with van der Waals surface area (Å²) in [5, 5.41) is 5.20. The van der Waals surface area contributed by atoms with Gasteiger partial charge in [0.25, 0.3) is 0 Å². The quantitative estimate of drug-likeness (QED) is 0.712. The summed E-state index contributed by atoms with van der Waals surface area (Å²) < 4.78 is 3.95. The number of hydrogen-bond donors (Lipinski definition) is 1. The number of carbonyl (C=O) groups is 1. The third kappa shape index (κ3) is 0.988. The van der Waals surface area contributed by atoms with Gasteiger partial charge in [0, 0.05) is 22.9 Å². The van der Waals surface area contributed by atoms with E-state index in [1.807, 2.05) is 5.38 Å². The number of rotatable bonds is 2. The number of carbonyl (C=O) groups excluding carboxylic acids is 1. The van der Waals surface area contributed by atoms with E-state index in [1.165, 1.54) is 18.0 Å². The smallest absolute Gasteiger partial charge is 0.170 e. The highest BCUT2D eigenvalue weighted by Crippen LogP contribution is 2.41. The number of ketones is 1. The van der Waals surface area contributed by atoms with Gasteiger partial charge in [0.05, 0.1) is 6.20 Å². The number of nitrogens with one attached hydrogen (secondary N) is 1. The second-order valence-corrected chi connectivity index (χ2v) is 4.47. The maximum absolute atomic E-state index is 11.9. The molecule has 4 rings (SSSR count). The lowest BCUT2D eigenvalue weighted by atomic mass is 9.70. The summed E-state index contributed by atoms with van der Waals surface area (Å²) in [7, 11) is 0. The molecule has 2 bridgehead atoms. The van der Waals surface area contributed by atoms with Crippen molar-refractivity contribution in [2.45, 2.75) is 12.5 Å².